The fraction of sp³-hybridized carbons (Fsp3) is 0.357. The van der Waals surface area contributed by atoms with Gasteiger partial charge < -0.3 is 5.32 Å². The number of aryl methyl sites for hydroxylation is 3. The summed E-state index contributed by atoms with van der Waals surface area (Å²) in [5.41, 5.74) is 2.46. The van der Waals surface area contributed by atoms with Gasteiger partial charge in [-0.25, -0.2) is 0 Å². The summed E-state index contributed by atoms with van der Waals surface area (Å²) in [5, 5.41) is 18.7. The van der Waals surface area contributed by atoms with Gasteiger partial charge in [-0.2, -0.15) is 5.10 Å². The first-order valence-electron chi connectivity index (χ1n) is 6.67. The van der Waals surface area contributed by atoms with Crippen molar-refractivity contribution >= 4 is 23.0 Å². The summed E-state index contributed by atoms with van der Waals surface area (Å²) < 4.78 is 1.93. The number of anilines is 1. The minimum atomic E-state index is -0.435. The Morgan fingerprint density at radius 3 is 2.81 bits per heavy atom. The third kappa shape index (κ3) is 3.72. The molecule has 2 aromatic rings. The van der Waals surface area contributed by atoms with Crippen LogP contribution in [0.3, 0.4) is 0 Å². The molecule has 2 rings (SSSR count). The topological polar surface area (TPSA) is 73.0 Å². The quantitative estimate of drug-likeness (QED) is 0.503. The molecule has 0 spiro atoms. The van der Waals surface area contributed by atoms with E-state index in [-0.39, 0.29) is 5.69 Å². The highest BCUT2D eigenvalue weighted by molar-refractivity contribution is 6.33. The number of halogens is 1. The number of aromatic nitrogens is 2. The molecule has 1 N–H and O–H groups in total. The van der Waals surface area contributed by atoms with Crippen molar-refractivity contribution in [1.82, 2.24) is 9.78 Å². The van der Waals surface area contributed by atoms with Crippen molar-refractivity contribution in [3.63, 3.8) is 0 Å². The predicted molar refractivity (Wildman–Crippen MR) is 82.9 cm³/mol. The van der Waals surface area contributed by atoms with Crippen LogP contribution in [-0.2, 0) is 6.54 Å². The third-order valence-corrected chi connectivity index (χ3v) is 3.46. The van der Waals surface area contributed by atoms with Crippen LogP contribution in [0.1, 0.15) is 17.8 Å². The van der Waals surface area contributed by atoms with Gasteiger partial charge in [0.25, 0.3) is 5.69 Å². The molecule has 0 unspecified atom stereocenters. The second kappa shape index (κ2) is 6.58. The third-order valence-electron chi connectivity index (χ3n) is 3.14. The standard InChI is InChI=1S/C14H17ClN4O2/c1-10-9-11(2)18(17-10)8-4-7-16-14-12(15)5-3-6-13(14)19(20)21/h3,5-6,9,16H,4,7-8H2,1-2H3. The molecule has 0 amide bonds. The Hall–Kier alpha value is -2.08. The summed E-state index contributed by atoms with van der Waals surface area (Å²) in [6.07, 6.45) is 0.796. The van der Waals surface area contributed by atoms with Crippen LogP contribution in [0.4, 0.5) is 11.4 Å². The Morgan fingerprint density at radius 1 is 1.43 bits per heavy atom. The van der Waals surface area contributed by atoms with Crippen molar-refractivity contribution in [2.45, 2.75) is 26.8 Å². The number of nitrogens with zero attached hydrogens (tertiary/aromatic N) is 3. The van der Waals surface area contributed by atoms with Gasteiger partial charge in [0.2, 0.25) is 0 Å². The van der Waals surface area contributed by atoms with E-state index in [2.05, 4.69) is 10.4 Å². The van der Waals surface area contributed by atoms with Gasteiger partial charge in [-0.1, -0.05) is 17.7 Å². The van der Waals surface area contributed by atoms with Crippen molar-refractivity contribution in [3.8, 4) is 0 Å². The Balaban J connectivity index is 1.95. The molecule has 0 aliphatic carbocycles. The molecule has 0 radical (unpaired) electrons. The normalized spacial score (nSPS) is 10.6. The summed E-state index contributed by atoms with van der Waals surface area (Å²) >= 11 is 6.01. The van der Waals surface area contributed by atoms with Gasteiger partial charge in [0, 0.05) is 24.8 Å². The highest BCUT2D eigenvalue weighted by Crippen LogP contribution is 2.31. The van der Waals surface area contributed by atoms with Crippen LogP contribution in [0.15, 0.2) is 24.3 Å². The Labute approximate surface area is 127 Å². The van der Waals surface area contributed by atoms with E-state index in [0.717, 1.165) is 24.4 Å². The molecule has 1 aromatic heterocycles. The Morgan fingerprint density at radius 2 is 2.19 bits per heavy atom. The van der Waals surface area contributed by atoms with Crippen LogP contribution in [0.25, 0.3) is 0 Å². The van der Waals surface area contributed by atoms with Gasteiger partial charge in [-0.05, 0) is 32.4 Å². The lowest BCUT2D eigenvalue weighted by Crippen LogP contribution is -2.10. The maximum Gasteiger partial charge on any atom is 0.293 e. The number of nitrogens with one attached hydrogen (secondary N) is 1. The summed E-state index contributed by atoms with van der Waals surface area (Å²) in [4.78, 5) is 10.5. The average Bonchev–Trinajstić information content (AvgIpc) is 2.74. The van der Waals surface area contributed by atoms with Crippen LogP contribution >= 0.6 is 11.6 Å². The molecule has 0 aliphatic heterocycles. The van der Waals surface area contributed by atoms with E-state index in [1.807, 2.05) is 24.6 Å². The first kappa shape index (κ1) is 15.3. The number of hydrogen-bond donors (Lipinski definition) is 1. The maximum absolute atomic E-state index is 11.0. The van der Waals surface area contributed by atoms with E-state index in [0.29, 0.717) is 17.3 Å². The zero-order valence-electron chi connectivity index (χ0n) is 12.0. The lowest BCUT2D eigenvalue weighted by Gasteiger charge is -2.09. The summed E-state index contributed by atoms with van der Waals surface area (Å²) in [5.74, 6) is 0. The molecule has 7 heteroatoms. The van der Waals surface area contributed by atoms with Crippen LogP contribution in [-0.4, -0.2) is 21.2 Å². The molecule has 0 atom stereocenters. The lowest BCUT2D eigenvalue weighted by atomic mass is 10.2. The van der Waals surface area contributed by atoms with Gasteiger partial charge in [0.1, 0.15) is 5.69 Å². The summed E-state index contributed by atoms with van der Waals surface area (Å²) in [6, 6.07) is 6.67. The predicted octanol–water partition coefficient (Wildman–Crippen LogP) is 3.56. The molecule has 0 fully saturated rings. The lowest BCUT2D eigenvalue weighted by molar-refractivity contribution is -0.383. The van der Waals surface area contributed by atoms with Gasteiger partial charge in [0.15, 0.2) is 0 Å². The van der Waals surface area contributed by atoms with Gasteiger partial charge in [-0.3, -0.25) is 14.8 Å². The van der Waals surface area contributed by atoms with Crippen molar-refractivity contribution in [1.29, 1.82) is 0 Å². The molecule has 0 saturated heterocycles. The first-order valence-corrected chi connectivity index (χ1v) is 7.04. The van der Waals surface area contributed by atoms with E-state index < -0.39 is 4.92 Å². The number of nitro groups is 1. The number of hydrogen-bond acceptors (Lipinski definition) is 4. The number of benzene rings is 1. The fourth-order valence-electron chi connectivity index (χ4n) is 2.18. The highest BCUT2D eigenvalue weighted by Gasteiger charge is 2.15. The molecule has 21 heavy (non-hydrogen) atoms. The van der Waals surface area contributed by atoms with Crippen LogP contribution < -0.4 is 5.32 Å². The second-order valence-electron chi connectivity index (χ2n) is 4.82. The minimum Gasteiger partial charge on any atom is -0.378 e. The Kier molecular flexibility index (Phi) is 4.80. The number of para-hydroxylation sites is 1. The Bertz CT molecular complexity index is 654. The van der Waals surface area contributed by atoms with Crippen LogP contribution in [0.5, 0.6) is 0 Å². The average molecular weight is 309 g/mol. The summed E-state index contributed by atoms with van der Waals surface area (Å²) in [7, 11) is 0. The van der Waals surface area contributed by atoms with Gasteiger partial charge >= 0.3 is 0 Å². The first-order chi connectivity index (χ1) is 9.99. The van der Waals surface area contributed by atoms with E-state index >= 15 is 0 Å². The van der Waals surface area contributed by atoms with E-state index in [1.54, 1.807) is 12.1 Å². The largest absolute Gasteiger partial charge is 0.378 e. The molecule has 1 aromatic carbocycles. The van der Waals surface area contributed by atoms with E-state index in [4.69, 9.17) is 11.6 Å². The van der Waals surface area contributed by atoms with Gasteiger partial charge in [0.05, 0.1) is 15.6 Å². The monoisotopic (exact) mass is 308 g/mol. The van der Waals surface area contributed by atoms with Crippen LogP contribution in [0.2, 0.25) is 5.02 Å². The molecule has 1 heterocycles. The van der Waals surface area contributed by atoms with E-state index in [1.165, 1.54) is 6.07 Å². The van der Waals surface area contributed by atoms with Crippen molar-refractivity contribution in [2.75, 3.05) is 11.9 Å². The smallest absolute Gasteiger partial charge is 0.293 e. The molecule has 6 nitrogen and oxygen atoms in total. The number of rotatable bonds is 6. The minimum absolute atomic E-state index is 0.00591. The zero-order chi connectivity index (χ0) is 15.4. The molecule has 0 saturated carbocycles. The van der Waals surface area contributed by atoms with Crippen molar-refractivity contribution in [2.24, 2.45) is 0 Å². The SMILES string of the molecule is Cc1cc(C)n(CCCNc2c(Cl)cccc2[N+](=O)[O-])n1. The van der Waals surface area contributed by atoms with Crippen molar-refractivity contribution < 1.29 is 4.92 Å². The summed E-state index contributed by atoms with van der Waals surface area (Å²) in [6.45, 7) is 5.30. The van der Waals surface area contributed by atoms with Gasteiger partial charge in [-0.15, -0.1) is 0 Å². The highest BCUT2D eigenvalue weighted by atomic mass is 35.5. The van der Waals surface area contributed by atoms with Crippen molar-refractivity contribution in [3.05, 3.63) is 50.8 Å². The van der Waals surface area contributed by atoms with Crippen LogP contribution in [0, 0.1) is 24.0 Å². The zero-order valence-corrected chi connectivity index (χ0v) is 12.7. The maximum atomic E-state index is 11.0. The van der Waals surface area contributed by atoms with E-state index in [9.17, 15) is 10.1 Å². The molecule has 0 bridgehead atoms. The second-order valence-corrected chi connectivity index (χ2v) is 5.23. The molecule has 112 valence electrons. The molecular weight excluding hydrogens is 292 g/mol. The number of nitro benzene ring substituents is 1. The molecular formula is C14H17ClN4O2. The molecule has 0 aliphatic rings. The fourth-order valence-corrected chi connectivity index (χ4v) is 2.42.